The highest BCUT2D eigenvalue weighted by molar-refractivity contribution is 4.76. The van der Waals surface area contributed by atoms with Crippen molar-refractivity contribution >= 4 is 0 Å². The van der Waals surface area contributed by atoms with Crippen molar-refractivity contribution in [1.29, 1.82) is 0 Å². The first-order chi connectivity index (χ1) is 8.24. The number of aliphatic hydroxyl groups excluding tert-OH is 1. The standard InChI is InChI=1S/C13H27NO3/c1-11-4-3-5-12(11)8-14-9-13(15)10-17-7-6-16-2/h11-15H,3-10H2,1-2H3. The topological polar surface area (TPSA) is 50.7 Å². The zero-order valence-electron chi connectivity index (χ0n) is 11.2. The van der Waals surface area contributed by atoms with Crippen molar-refractivity contribution < 1.29 is 14.6 Å². The van der Waals surface area contributed by atoms with E-state index in [2.05, 4.69) is 12.2 Å². The molecule has 102 valence electrons. The molecule has 0 aromatic carbocycles. The number of hydrogen-bond donors (Lipinski definition) is 2. The van der Waals surface area contributed by atoms with Crippen LogP contribution in [0.15, 0.2) is 0 Å². The molecular formula is C13H27NO3. The van der Waals surface area contributed by atoms with Crippen LogP contribution in [0.1, 0.15) is 26.2 Å². The Hall–Kier alpha value is -0.160. The number of rotatable bonds is 9. The van der Waals surface area contributed by atoms with Gasteiger partial charge in [0.05, 0.1) is 25.9 Å². The third-order valence-corrected chi connectivity index (χ3v) is 3.57. The van der Waals surface area contributed by atoms with Crippen LogP contribution in [0.2, 0.25) is 0 Å². The first kappa shape index (κ1) is 14.9. The van der Waals surface area contributed by atoms with E-state index in [1.54, 1.807) is 7.11 Å². The van der Waals surface area contributed by atoms with Gasteiger partial charge in [0.1, 0.15) is 0 Å². The van der Waals surface area contributed by atoms with Crippen molar-refractivity contribution in [3.8, 4) is 0 Å². The van der Waals surface area contributed by atoms with Crippen molar-refractivity contribution in [3.63, 3.8) is 0 Å². The molecule has 2 N–H and O–H groups in total. The van der Waals surface area contributed by atoms with E-state index in [1.807, 2.05) is 0 Å². The second-order valence-corrected chi connectivity index (χ2v) is 5.05. The van der Waals surface area contributed by atoms with E-state index in [1.165, 1.54) is 19.3 Å². The maximum Gasteiger partial charge on any atom is 0.0897 e. The van der Waals surface area contributed by atoms with Crippen LogP contribution in [-0.4, -0.2) is 51.2 Å². The maximum atomic E-state index is 9.66. The minimum absolute atomic E-state index is 0.385. The Morgan fingerprint density at radius 3 is 2.82 bits per heavy atom. The van der Waals surface area contributed by atoms with E-state index in [-0.39, 0.29) is 0 Å². The lowest BCUT2D eigenvalue weighted by atomic mass is 9.98. The summed E-state index contributed by atoms with van der Waals surface area (Å²) in [5.41, 5.74) is 0. The summed E-state index contributed by atoms with van der Waals surface area (Å²) in [5, 5.41) is 13.0. The fraction of sp³-hybridized carbons (Fsp3) is 1.00. The Morgan fingerprint density at radius 1 is 1.35 bits per heavy atom. The molecule has 0 spiro atoms. The lowest BCUT2D eigenvalue weighted by Gasteiger charge is -2.18. The summed E-state index contributed by atoms with van der Waals surface area (Å²) in [4.78, 5) is 0. The van der Waals surface area contributed by atoms with Crippen LogP contribution in [0, 0.1) is 11.8 Å². The van der Waals surface area contributed by atoms with Crippen molar-refractivity contribution in [1.82, 2.24) is 5.32 Å². The summed E-state index contributed by atoms with van der Waals surface area (Å²) < 4.78 is 10.1. The summed E-state index contributed by atoms with van der Waals surface area (Å²) in [7, 11) is 1.64. The molecule has 4 heteroatoms. The van der Waals surface area contributed by atoms with E-state index in [9.17, 15) is 5.11 Å². The normalized spacial score (nSPS) is 26.3. The number of hydrogen-bond acceptors (Lipinski definition) is 4. The monoisotopic (exact) mass is 245 g/mol. The number of aliphatic hydroxyl groups is 1. The van der Waals surface area contributed by atoms with Crippen LogP contribution in [0.4, 0.5) is 0 Å². The second-order valence-electron chi connectivity index (χ2n) is 5.05. The van der Waals surface area contributed by atoms with E-state index in [0.29, 0.717) is 26.4 Å². The molecule has 0 bridgehead atoms. The van der Waals surface area contributed by atoms with Crippen LogP contribution >= 0.6 is 0 Å². The zero-order valence-corrected chi connectivity index (χ0v) is 11.2. The first-order valence-corrected chi connectivity index (χ1v) is 6.69. The Morgan fingerprint density at radius 2 is 2.18 bits per heavy atom. The van der Waals surface area contributed by atoms with Crippen molar-refractivity contribution in [2.24, 2.45) is 11.8 Å². The Bertz CT molecular complexity index is 190. The molecule has 0 aromatic rings. The largest absolute Gasteiger partial charge is 0.389 e. The molecule has 1 fully saturated rings. The summed E-state index contributed by atoms with van der Waals surface area (Å²) in [5.74, 6) is 1.62. The van der Waals surface area contributed by atoms with Gasteiger partial charge in [-0.05, 0) is 24.8 Å². The predicted octanol–water partition coefficient (Wildman–Crippen LogP) is 1.04. The highest BCUT2D eigenvalue weighted by atomic mass is 16.5. The van der Waals surface area contributed by atoms with Gasteiger partial charge in [0.15, 0.2) is 0 Å². The number of ether oxygens (including phenoxy) is 2. The van der Waals surface area contributed by atoms with Crippen molar-refractivity contribution in [3.05, 3.63) is 0 Å². The van der Waals surface area contributed by atoms with Crippen molar-refractivity contribution in [2.45, 2.75) is 32.3 Å². The molecule has 0 aliphatic heterocycles. The Balaban J connectivity index is 1.94. The van der Waals surface area contributed by atoms with Crippen LogP contribution in [0.25, 0.3) is 0 Å². The predicted molar refractivity (Wildman–Crippen MR) is 68.1 cm³/mol. The van der Waals surface area contributed by atoms with Crippen molar-refractivity contribution in [2.75, 3.05) is 40.0 Å². The minimum Gasteiger partial charge on any atom is -0.389 e. The van der Waals surface area contributed by atoms with Gasteiger partial charge in [-0.15, -0.1) is 0 Å². The smallest absolute Gasteiger partial charge is 0.0897 e. The third kappa shape index (κ3) is 6.36. The summed E-state index contributed by atoms with van der Waals surface area (Å²) >= 11 is 0. The highest BCUT2D eigenvalue weighted by Gasteiger charge is 2.22. The molecule has 1 aliphatic rings. The van der Waals surface area contributed by atoms with E-state index in [4.69, 9.17) is 9.47 Å². The van der Waals surface area contributed by atoms with Gasteiger partial charge < -0.3 is 19.9 Å². The lowest BCUT2D eigenvalue weighted by Crippen LogP contribution is -2.34. The van der Waals surface area contributed by atoms with Gasteiger partial charge in [-0.1, -0.05) is 19.8 Å². The minimum atomic E-state index is -0.413. The summed E-state index contributed by atoms with van der Waals surface area (Å²) in [6.45, 7) is 5.49. The van der Waals surface area contributed by atoms with E-state index < -0.39 is 6.10 Å². The average molecular weight is 245 g/mol. The summed E-state index contributed by atoms with van der Waals surface area (Å²) in [6.07, 6.45) is 3.63. The summed E-state index contributed by atoms with van der Waals surface area (Å²) in [6, 6.07) is 0. The lowest BCUT2D eigenvalue weighted by molar-refractivity contribution is 0.0135. The van der Waals surface area contributed by atoms with Gasteiger partial charge in [0, 0.05) is 13.7 Å². The zero-order chi connectivity index (χ0) is 12.5. The van der Waals surface area contributed by atoms with Gasteiger partial charge in [0.25, 0.3) is 0 Å². The van der Waals surface area contributed by atoms with Crippen LogP contribution in [0.3, 0.4) is 0 Å². The molecule has 0 aromatic heterocycles. The molecule has 0 heterocycles. The van der Waals surface area contributed by atoms with Crippen LogP contribution in [0.5, 0.6) is 0 Å². The third-order valence-electron chi connectivity index (χ3n) is 3.57. The van der Waals surface area contributed by atoms with Crippen LogP contribution in [-0.2, 0) is 9.47 Å². The molecule has 1 aliphatic carbocycles. The van der Waals surface area contributed by atoms with E-state index in [0.717, 1.165) is 18.4 Å². The van der Waals surface area contributed by atoms with Gasteiger partial charge in [-0.3, -0.25) is 0 Å². The highest BCUT2D eigenvalue weighted by Crippen LogP contribution is 2.30. The molecule has 3 unspecified atom stereocenters. The van der Waals surface area contributed by atoms with Gasteiger partial charge in [-0.2, -0.15) is 0 Å². The van der Waals surface area contributed by atoms with Crippen LogP contribution < -0.4 is 5.32 Å². The second kappa shape index (κ2) is 8.86. The maximum absolute atomic E-state index is 9.66. The Kier molecular flexibility index (Phi) is 7.77. The molecular weight excluding hydrogens is 218 g/mol. The molecule has 4 nitrogen and oxygen atoms in total. The molecule has 3 atom stereocenters. The molecule has 0 radical (unpaired) electrons. The van der Waals surface area contributed by atoms with E-state index >= 15 is 0 Å². The molecule has 0 saturated heterocycles. The quantitative estimate of drug-likeness (QED) is 0.596. The first-order valence-electron chi connectivity index (χ1n) is 6.69. The molecule has 1 saturated carbocycles. The fourth-order valence-corrected chi connectivity index (χ4v) is 2.38. The van der Waals surface area contributed by atoms with Gasteiger partial charge in [-0.25, -0.2) is 0 Å². The fourth-order valence-electron chi connectivity index (χ4n) is 2.38. The SMILES string of the molecule is COCCOCC(O)CNCC1CCCC1C. The van der Waals surface area contributed by atoms with Gasteiger partial charge >= 0.3 is 0 Å². The number of nitrogens with one attached hydrogen (secondary N) is 1. The van der Waals surface area contributed by atoms with Gasteiger partial charge in [0.2, 0.25) is 0 Å². The molecule has 1 rings (SSSR count). The Labute approximate surface area is 105 Å². The number of methoxy groups -OCH3 is 1. The molecule has 17 heavy (non-hydrogen) atoms. The molecule has 0 amide bonds. The average Bonchev–Trinajstić information content (AvgIpc) is 2.71.